The van der Waals surface area contributed by atoms with E-state index in [-0.39, 0.29) is 17.7 Å². The third kappa shape index (κ3) is 4.74. The third-order valence-corrected chi connectivity index (χ3v) is 5.84. The maximum atomic E-state index is 13.0. The lowest BCUT2D eigenvalue weighted by Crippen LogP contribution is -2.49. The van der Waals surface area contributed by atoms with Crippen LogP contribution in [0, 0.1) is 25.7 Å². The largest absolute Gasteiger partial charge is 0.378 e. The zero-order valence-electron chi connectivity index (χ0n) is 17.7. The molecule has 1 atom stereocenters. The van der Waals surface area contributed by atoms with Crippen LogP contribution in [0.2, 0.25) is 0 Å². The van der Waals surface area contributed by atoms with Crippen molar-refractivity contribution in [2.75, 3.05) is 39.4 Å². The highest BCUT2D eigenvalue weighted by atomic mass is 16.5. The normalized spacial score (nSPS) is 20.7. The predicted octanol–water partition coefficient (Wildman–Crippen LogP) is 1.80. The highest BCUT2D eigenvalue weighted by Gasteiger charge is 2.32. The zero-order chi connectivity index (χ0) is 20.3. The van der Waals surface area contributed by atoms with Gasteiger partial charge in [-0.25, -0.2) is 0 Å². The Morgan fingerprint density at radius 3 is 2.54 bits per heavy atom. The Bertz CT molecular complexity index is 707. The highest BCUT2D eigenvalue weighted by molar-refractivity contribution is 5.82. The van der Waals surface area contributed by atoms with Crippen LogP contribution < -0.4 is 0 Å². The van der Waals surface area contributed by atoms with Gasteiger partial charge in [0.05, 0.1) is 31.2 Å². The zero-order valence-corrected chi connectivity index (χ0v) is 17.7. The molecule has 7 heteroatoms. The van der Waals surface area contributed by atoms with E-state index in [1.54, 1.807) is 0 Å². The first-order valence-electron chi connectivity index (χ1n) is 10.5. The topological polar surface area (TPSA) is 67.7 Å². The van der Waals surface area contributed by atoms with E-state index in [1.807, 2.05) is 28.3 Å². The SMILES string of the molecule is Cc1nn(CC(C)C)c(C)c1CC(=O)N1CCCC(C(=O)N2CCOCC2)C1. The summed E-state index contributed by atoms with van der Waals surface area (Å²) in [5.41, 5.74) is 3.05. The van der Waals surface area contributed by atoms with Gasteiger partial charge in [0.25, 0.3) is 0 Å². The van der Waals surface area contributed by atoms with E-state index < -0.39 is 0 Å². The molecule has 2 aliphatic heterocycles. The van der Waals surface area contributed by atoms with Gasteiger partial charge in [-0.05, 0) is 32.6 Å². The fourth-order valence-corrected chi connectivity index (χ4v) is 4.22. The summed E-state index contributed by atoms with van der Waals surface area (Å²) in [6, 6.07) is 0. The number of morpholine rings is 1. The molecule has 1 aromatic heterocycles. The summed E-state index contributed by atoms with van der Waals surface area (Å²) in [7, 11) is 0. The van der Waals surface area contributed by atoms with Gasteiger partial charge in [0.2, 0.25) is 11.8 Å². The quantitative estimate of drug-likeness (QED) is 0.769. The first-order valence-corrected chi connectivity index (χ1v) is 10.5. The minimum atomic E-state index is -0.0818. The number of rotatable bonds is 5. The number of amides is 2. The van der Waals surface area contributed by atoms with Crippen LogP contribution in [0.5, 0.6) is 0 Å². The lowest BCUT2D eigenvalue weighted by atomic mass is 9.95. The van der Waals surface area contributed by atoms with Crippen LogP contribution in [0.15, 0.2) is 0 Å². The minimum absolute atomic E-state index is 0.0818. The van der Waals surface area contributed by atoms with Gasteiger partial charge in [-0.1, -0.05) is 13.8 Å². The number of ether oxygens (including phenoxy) is 1. The number of nitrogens with zero attached hydrogens (tertiary/aromatic N) is 4. The van der Waals surface area contributed by atoms with E-state index in [2.05, 4.69) is 18.9 Å². The van der Waals surface area contributed by atoms with Crippen molar-refractivity contribution < 1.29 is 14.3 Å². The third-order valence-electron chi connectivity index (χ3n) is 5.84. The molecule has 0 aromatic carbocycles. The van der Waals surface area contributed by atoms with Gasteiger partial charge >= 0.3 is 0 Å². The van der Waals surface area contributed by atoms with Crippen LogP contribution in [0.25, 0.3) is 0 Å². The highest BCUT2D eigenvalue weighted by Crippen LogP contribution is 2.22. The van der Waals surface area contributed by atoms with Crippen LogP contribution in [-0.2, 0) is 27.3 Å². The Hall–Kier alpha value is -1.89. The van der Waals surface area contributed by atoms with E-state index in [0.717, 1.165) is 42.9 Å². The Labute approximate surface area is 168 Å². The Morgan fingerprint density at radius 2 is 1.86 bits per heavy atom. The molecule has 3 heterocycles. The fraction of sp³-hybridized carbons (Fsp3) is 0.762. The lowest BCUT2D eigenvalue weighted by molar-refractivity contribution is -0.143. The molecule has 0 bridgehead atoms. The van der Waals surface area contributed by atoms with Gasteiger partial charge in [0.15, 0.2) is 0 Å². The average Bonchev–Trinajstić information content (AvgIpc) is 2.95. The maximum Gasteiger partial charge on any atom is 0.227 e. The van der Waals surface area contributed by atoms with Crippen molar-refractivity contribution in [3.63, 3.8) is 0 Å². The first-order chi connectivity index (χ1) is 13.4. The Balaban J connectivity index is 1.63. The molecule has 2 fully saturated rings. The van der Waals surface area contributed by atoms with Crippen LogP contribution >= 0.6 is 0 Å². The number of piperidine rings is 1. The van der Waals surface area contributed by atoms with Gasteiger partial charge < -0.3 is 14.5 Å². The molecule has 7 nitrogen and oxygen atoms in total. The summed E-state index contributed by atoms with van der Waals surface area (Å²) < 4.78 is 7.36. The fourth-order valence-electron chi connectivity index (χ4n) is 4.22. The van der Waals surface area contributed by atoms with Crippen LogP contribution in [-0.4, -0.2) is 70.8 Å². The van der Waals surface area contributed by atoms with Crippen molar-refractivity contribution >= 4 is 11.8 Å². The molecule has 0 spiro atoms. The van der Waals surface area contributed by atoms with Crippen LogP contribution in [0.1, 0.15) is 43.6 Å². The molecule has 1 aromatic rings. The molecular formula is C21H34N4O3. The summed E-state index contributed by atoms with van der Waals surface area (Å²) in [6.07, 6.45) is 2.12. The van der Waals surface area contributed by atoms with Crippen molar-refractivity contribution in [1.82, 2.24) is 19.6 Å². The second-order valence-electron chi connectivity index (χ2n) is 8.52. The van der Waals surface area contributed by atoms with E-state index >= 15 is 0 Å². The molecule has 2 saturated heterocycles. The van der Waals surface area contributed by atoms with Crippen molar-refractivity contribution in [1.29, 1.82) is 0 Å². The van der Waals surface area contributed by atoms with Gasteiger partial charge in [-0.15, -0.1) is 0 Å². The Morgan fingerprint density at radius 1 is 1.14 bits per heavy atom. The average molecular weight is 391 g/mol. The molecular weight excluding hydrogens is 356 g/mol. The van der Waals surface area contributed by atoms with Gasteiger partial charge in [0, 0.05) is 44.0 Å². The first kappa shape index (κ1) is 20.8. The summed E-state index contributed by atoms with van der Waals surface area (Å²) in [5.74, 6) is 0.713. The number of carbonyl (C=O) groups excluding carboxylic acids is 2. The second-order valence-corrected chi connectivity index (χ2v) is 8.52. The van der Waals surface area contributed by atoms with Crippen molar-refractivity contribution in [2.45, 2.75) is 53.5 Å². The number of likely N-dealkylation sites (tertiary alicyclic amines) is 1. The monoisotopic (exact) mass is 390 g/mol. The lowest BCUT2D eigenvalue weighted by Gasteiger charge is -2.36. The predicted molar refractivity (Wildman–Crippen MR) is 107 cm³/mol. The molecule has 2 amide bonds. The van der Waals surface area contributed by atoms with Crippen LogP contribution in [0.4, 0.5) is 0 Å². The summed E-state index contributed by atoms with van der Waals surface area (Å²) in [4.78, 5) is 29.6. The van der Waals surface area contributed by atoms with E-state index in [9.17, 15) is 9.59 Å². The second kappa shape index (κ2) is 9.07. The molecule has 28 heavy (non-hydrogen) atoms. The van der Waals surface area contributed by atoms with E-state index in [4.69, 9.17) is 4.74 Å². The molecule has 0 saturated carbocycles. The smallest absolute Gasteiger partial charge is 0.227 e. The van der Waals surface area contributed by atoms with Crippen molar-refractivity contribution in [2.24, 2.45) is 11.8 Å². The molecule has 156 valence electrons. The number of hydrogen-bond donors (Lipinski definition) is 0. The van der Waals surface area contributed by atoms with Crippen molar-refractivity contribution in [3.8, 4) is 0 Å². The number of carbonyl (C=O) groups is 2. The molecule has 0 aliphatic carbocycles. The number of hydrogen-bond acceptors (Lipinski definition) is 4. The summed E-state index contributed by atoms with van der Waals surface area (Å²) >= 11 is 0. The van der Waals surface area contributed by atoms with Crippen molar-refractivity contribution in [3.05, 3.63) is 17.0 Å². The standard InChI is InChI=1S/C21H34N4O3/c1-15(2)13-25-17(4)19(16(3)22-25)12-20(26)24-7-5-6-18(14-24)21(27)23-8-10-28-11-9-23/h15,18H,5-14H2,1-4H3. The number of aromatic nitrogens is 2. The molecule has 3 rings (SSSR count). The summed E-state index contributed by atoms with van der Waals surface area (Å²) in [6.45, 7) is 13.0. The van der Waals surface area contributed by atoms with Crippen LogP contribution in [0.3, 0.4) is 0 Å². The maximum absolute atomic E-state index is 13.0. The van der Waals surface area contributed by atoms with Gasteiger partial charge in [-0.3, -0.25) is 14.3 Å². The van der Waals surface area contributed by atoms with E-state index in [0.29, 0.717) is 45.2 Å². The molecule has 2 aliphatic rings. The Kier molecular flexibility index (Phi) is 6.75. The molecule has 0 radical (unpaired) electrons. The minimum Gasteiger partial charge on any atom is -0.378 e. The summed E-state index contributed by atoms with van der Waals surface area (Å²) in [5, 5.41) is 4.63. The van der Waals surface area contributed by atoms with E-state index in [1.165, 1.54) is 0 Å². The molecule has 1 unspecified atom stereocenters. The molecule has 0 N–H and O–H groups in total. The van der Waals surface area contributed by atoms with Gasteiger partial charge in [-0.2, -0.15) is 5.10 Å². The number of aryl methyl sites for hydroxylation is 1. The van der Waals surface area contributed by atoms with Gasteiger partial charge in [0.1, 0.15) is 0 Å².